The highest BCUT2D eigenvalue weighted by Gasteiger charge is 2.33. The second-order valence-electron chi connectivity index (χ2n) is 10.9. The van der Waals surface area contributed by atoms with Crippen LogP contribution in [0.3, 0.4) is 0 Å². The molecule has 1 aliphatic rings. The van der Waals surface area contributed by atoms with Crippen LogP contribution < -0.4 is 10.1 Å². The van der Waals surface area contributed by atoms with Crippen molar-refractivity contribution < 1.29 is 14.3 Å². The van der Waals surface area contributed by atoms with Crippen molar-refractivity contribution in [2.45, 2.75) is 44.1 Å². The Morgan fingerprint density at radius 3 is 2.57 bits per heavy atom. The summed E-state index contributed by atoms with van der Waals surface area (Å²) in [5.74, 6) is 1.22. The normalized spacial score (nSPS) is 14.3. The van der Waals surface area contributed by atoms with Gasteiger partial charge in [-0.3, -0.25) is 9.59 Å². The molecule has 1 unspecified atom stereocenters. The smallest absolute Gasteiger partial charge is 0.253 e. The number of carbonyl (C=O) groups is 2. The monoisotopic (exact) mass is 650 g/mol. The molecule has 3 aromatic carbocycles. The van der Waals surface area contributed by atoms with Gasteiger partial charge in [-0.15, -0.1) is 21.5 Å². The summed E-state index contributed by atoms with van der Waals surface area (Å²) >= 11 is 2.95. The maximum Gasteiger partial charge on any atom is 0.253 e. The number of benzene rings is 3. The first-order valence-corrected chi connectivity index (χ1v) is 16.9. The van der Waals surface area contributed by atoms with Gasteiger partial charge in [0.25, 0.3) is 11.8 Å². The summed E-state index contributed by atoms with van der Waals surface area (Å²) in [5, 5.41) is 20.9. The highest BCUT2D eigenvalue weighted by molar-refractivity contribution is 7.99. The molecule has 1 N–H and O–H groups in total. The minimum absolute atomic E-state index is 0.121. The zero-order valence-corrected chi connectivity index (χ0v) is 27.3. The van der Waals surface area contributed by atoms with Gasteiger partial charge in [0, 0.05) is 18.5 Å². The molecule has 0 radical (unpaired) electrons. The molecule has 0 fully saturated rings. The van der Waals surface area contributed by atoms with Crippen LogP contribution in [0.1, 0.15) is 50.2 Å². The molecule has 1 aliphatic heterocycles. The van der Waals surface area contributed by atoms with Crippen molar-refractivity contribution in [2.75, 3.05) is 12.9 Å². The van der Waals surface area contributed by atoms with E-state index in [-0.39, 0.29) is 30.2 Å². The second-order valence-corrected chi connectivity index (χ2v) is 12.8. The minimum Gasteiger partial charge on any atom is -0.497 e. The van der Waals surface area contributed by atoms with Crippen LogP contribution in [0.25, 0.3) is 0 Å². The number of aromatic nitrogens is 3. The predicted molar refractivity (Wildman–Crippen MR) is 181 cm³/mol. The number of thioether (sulfide) groups is 1. The molecule has 2 amide bonds. The quantitative estimate of drug-likeness (QED) is 0.159. The molecule has 2 aromatic heterocycles. The number of thiophene rings is 1. The van der Waals surface area contributed by atoms with Crippen LogP contribution in [0.15, 0.2) is 107 Å². The topological polar surface area (TPSA) is 102 Å². The molecule has 6 rings (SSSR count). The summed E-state index contributed by atoms with van der Waals surface area (Å²) in [4.78, 5) is 27.7. The maximum absolute atomic E-state index is 13.8. The summed E-state index contributed by atoms with van der Waals surface area (Å²) < 4.78 is 7.34. The first-order valence-electron chi connectivity index (χ1n) is 15.0. The van der Waals surface area contributed by atoms with Crippen LogP contribution in [0.2, 0.25) is 0 Å². The number of nitrogens with one attached hydrogen (secondary N) is 1. The lowest BCUT2D eigenvalue weighted by molar-refractivity contribution is -0.130. The van der Waals surface area contributed by atoms with Crippen LogP contribution >= 0.6 is 23.1 Å². The Labute approximate surface area is 276 Å². The first kappa shape index (κ1) is 31.3. The zero-order valence-electron chi connectivity index (χ0n) is 25.6. The van der Waals surface area contributed by atoms with E-state index < -0.39 is 0 Å². The molecule has 0 saturated heterocycles. The maximum atomic E-state index is 13.8. The van der Waals surface area contributed by atoms with E-state index in [0.29, 0.717) is 29.5 Å². The molecule has 5 aromatic rings. The average Bonchev–Trinajstić information content (AvgIpc) is 3.86. The molecular formula is C35H34N6O3S2. The van der Waals surface area contributed by atoms with Gasteiger partial charge in [-0.05, 0) is 60.2 Å². The van der Waals surface area contributed by atoms with Gasteiger partial charge in [0.15, 0.2) is 11.0 Å². The van der Waals surface area contributed by atoms with Crippen LogP contribution in [0.5, 0.6) is 5.75 Å². The second kappa shape index (κ2) is 14.6. The number of amides is 2. The fourth-order valence-electron chi connectivity index (χ4n) is 5.32. The molecule has 3 heterocycles. The summed E-state index contributed by atoms with van der Waals surface area (Å²) in [7, 11) is 1.64. The standard InChI is InChI=1S/C35H34N6O3S2/c1-24-8-6-11-27(20-24)34(43)36-22-32-37-38-35(40(32)18-17-25-9-4-3-5-10-25)46-23-33(42)41-30(26-13-15-28(44-2)16-14-26)21-29(39-41)31-12-7-19-45-31/h3-16,19-20,30H,17-18,21-23H2,1-2H3,(H,36,43). The summed E-state index contributed by atoms with van der Waals surface area (Å²) in [5.41, 5.74) is 4.67. The largest absolute Gasteiger partial charge is 0.497 e. The molecular weight excluding hydrogens is 617 g/mol. The van der Waals surface area contributed by atoms with Gasteiger partial charge in [-0.2, -0.15) is 5.10 Å². The number of hydrogen-bond donors (Lipinski definition) is 1. The molecule has 0 saturated carbocycles. The minimum atomic E-state index is -0.223. The lowest BCUT2D eigenvalue weighted by Crippen LogP contribution is -2.28. The van der Waals surface area contributed by atoms with Crippen molar-refractivity contribution in [3.8, 4) is 5.75 Å². The number of rotatable bonds is 12. The molecule has 46 heavy (non-hydrogen) atoms. The van der Waals surface area contributed by atoms with Crippen LogP contribution in [-0.4, -0.2) is 50.2 Å². The Bertz CT molecular complexity index is 1820. The number of carbonyl (C=O) groups excluding carboxylic acids is 2. The van der Waals surface area contributed by atoms with Gasteiger partial charge >= 0.3 is 0 Å². The van der Waals surface area contributed by atoms with E-state index in [2.05, 4.69) is 27.6 Å². The van der Waals surface area contributed by atoms with Gasteiger partial charge in [-0.1, -0.05) is 78.0 Å². The Morgan fingerprint density at radius 2 is 1.83 bits per heavy atom. The number of methoxy groups -OCH3 is 1. The van der Waals surface area contributed by atoms with Crippen LogP contribution in [0, 0.1) is 6.92 Å². The molecule has 9 nitrogen and oxygen atoms in total. The van der Waals surface area contributed by atoms with E-state index in [4.69, 9.17) is 9.84 Å². The number of hydrogen-bond acceptors (Lipinski definition) is 8. The average molecular weight is 651 g/mol. The third kappa shape index (κ3) is 7.38. The zero-order chi connectivity index (χ0) is 31.9. The highest BCUT2D eigenvalue weighted by Crippen LogP contribution is 2.35. The first-order chi connectivity index (χ1) is 22.5. The summed E-state index contributed by atoms with van der Waals surface area (Å²) in [6.07, 6.45) is 1.38. The molecule has 0 bridgehead atoms. The van der Waals surface area contributed by atoms with E-state index in [1.807, 2.05) is 89.7 Å². The fraction of sp³-hybridized carbons (Fsp3) is 0.229. The third-order valence-electron chi connectivity index (χ3n) is 7.74. The van der Waals surface area contributed by atoms with Crippen molar-refractivity contribution in [3.63, 3.8) is 0 Å². The van der Waals surface area contributed by atoms with Gasteiger partial charge in [-0.25, -0.2) is 5.01 Å². The third-order valence-corrected chi connectivity index (χ3v) is 9.61. The summed E-state index contributed by atoms with van der Waals surface area (Å²) in [6, 6.07) is 29.2. The van der Waals surface area contributed by atoms with Gasteiger partial charge in [0.2, 0.25) is 0 Å². The van der Waals surface area contributed by atoms with Crippen LogP contribution in [-0.2, 0) is 24.3 Å². The van der Waals surface area contributed by atoms with Crippen molar-refractivity contribution >= 4 is 40.6 Å². The number of aryl methyl sites for hydroxylation is 2. The predicted octanol–water partition coefficient (Wildman–Crippen LogP) is 6.30. The van der Waals surface area contributed by atoms with E-state index in [0.717, 1.165) is 33.9 Å². The highest BCUT2D eigenvalue weighted by atomic mass is 32.2. The van der Waals surface area contributed by atoms with E-state index in [1.54, 1.807) is 29.5 Å². The number of nitrogens with zero attached hydrogens (tertiary/aromatic N) is 5. The Hall–Kier alpha value is -4.74. The fourth-order valence-corrected chi connectivity index (χ4v) is 6.88. The van der Waals surface area contributed by atoms with E-state index in [9.17, 15) is 9.59 Å². The Balaban J connectivity index is 1.20. The van der Waals surface area contributed by atoms with Crippen molar-refractivity contribution in [1.29, 1.82) is 0 Å². The van der Waals surface area contributed by atoms with Crippen molar-refractivity contribution in [2.24, 2.45) is 5.10 Å². The van der Waals surface area contributed by atoms with Gasteiger partial charge in [0.1, 0.15) is 5.75 Å². The molecule has 0 aliphatic carbocycles. The Morgan fingerprint density at radius 1 is 1.00 bits per heavy atom. The molecule has 1 atom stereocenters. The van der Waals surface area contributed by atoms with Crippen molar-refractivity contribution in [3.05, 3.63) is 129 Å². The van der Waals surface area contributed by atoms with Crippen LogP contribution in [0.4, 0.5) is 0 Å². The van der Waals surface area contributed by atoms with E-state index in [1.165, 1.54) is 17.3 Å². The molecule has 234 valence electrons. The SMILES string of the molecule is COc1ccc(C2CC(c3cccs3)=NN2C(=O)CSc2nnc(CNC(=O)c3cccc(C)c3)n2CCc2ccccc2)cc1. The van der Waals surface area contributed by atoms with Gasteiger partial charge in [0.05, 0.1) is 36.0 Å². The van der Waals surface area contributed by atoms with Crippen molar-refractivity contribution in [1.82, 2.24) is 25.1 Å². The van der Waals surface area contributed by atoms with E-state index >= 15 is 0 Å². The Kier molecular flexibility index (Phi) is 9.90. The molecule has 0 spiro atoms. The molecule has 11 heteroatoms. The lowest BCUT2D eigenvalue weighted by Gasteiger charge is -2.22. The number of hydrazone groups is 1. The number of ether oxygens (including phenoxy) is 1. The van der Waals surface area contributed by atoms with Gasteiger partial charge < -0.3 is 14.6 Å². The summed E-state index contributed by atoms with van der Waals surface area (Å²) in [6.45, 7) is 2.77. The lowest BCUT2D eigenvalue weighted by atomic mass is 10.0.